The number of aryl methyl sites for hydroxylation is 1. The third-order valence-electron chi connectivity index (χ3n) is 3.91. The Morgan fingerprint density at radius 3 is 2.79 bits per heavy atom. The number of carbonyl (C=O) groups is 1. The Morgan fingerprint density at radius 2 is 2.10 bits per heavy atom. The molecule has 1 amide bonds. The van der Waals surface area contributed by atoms with E-state index >= 15 is 0 Å². The number of ether oxygens (including phenoxy) is 1. The summed E-state index contributed by atoms with van der Waals surface area (Å²) in [4.78, 5) is 27.1. The van der Waals surface area contributed by atoms with E-state index in [4.69, 9.17) is 9.26 Å². The number of nitro benzene ring substituents is 1. The van der Waals surface area contributed by atoms with Crippen LogP contribution in [0, 0.1) is 17.0 Å². The van der Waals surface area contributed by atoms with Crippen molar-refractivity contribution in [2.75, 3.05) is 18.2 Å². The first-order valence-corrected chi connectivity index (χ1v) is 9.72. The van der Waals surface area contributed by atoms with E-state index in [-0.39, 0.29) is 23.1 Å². The van der Waals surface area contributed by atoms with Gasteiger partial charge in [0.2, 0.25) is 17.6 Å². The van der Waals surface area contributed by atoms with Crippen LogP contribution in [0.25, 0.3) is 11.4 Å². The lowest BCUT2D eigenvalue weighted by molar-refractivity contribution is -0.385. The second kappa shape index (κ2) is 9.20. The maximum absolute atomic E-state index is 12.3. The highest BCUT2D eigenvalue weighted by Crippen LogP contribution is 2.29. The van der Waals surface area contributed by atoms with Gasteiger partial charge in [-0.1, -0.05) is 23.4 Å². The van der Waals surface area contributed by atoms with Gasteiger partial charge in [-0.25, -0.2) is 0 Å². The summed E-state index contributed by atoms with van der Waals surface area (Å²) < 4.78 is 9.99. The number of methoxy groups -OCH3 is 1. The van der Waals surface area contributed by atoms with Gasteiger partial charge < -0.3 is 14.6 Å². The molecule has 0 aliphatic heterocycles. The lowest BCUT2D eigenvalue weighted by Gasteiger charge is -2.09. The Balaban J connectivity index is 1.60. The van der Waals surface area contributed by atoms with Crippen molar-refractivity contribution >= 4 is 29.0 Å². The van der Waals surface area contributed by atoms with Crippen molar-refractivity contribution in [1.29, 1.82) is 0 Å². The maximum Gasteiger partial charge on any atom is 0.311 e. The van der Waals surface area contributed by atoms with Gasteiger partial charge in [0.1, 0.15) is 0 Å². The molecule has 2 aromatic carbocycles. The molecule has 0 spiro atoms. The molecule has 0 saturated carbocycles. The van der Waals surface area contributed by atoms with Gasteiger partial charge in [-0.15, -0.1) is 11.8 Å². The number of hydrogen-bond acceptors (Lipinski definition) is 8. The first-order chi connectivity index (χ1) is 14.0. The van der Waals surface area contributed by atoms with Crippen LogP contribution < -0.4 is 10.1 Å². The van der Waals surface area contributed by atoms with Crippen LogP contribution in [0.1, 0.15) is 11.5 Å². The molecule has 10 heteroatoms. The first-order valence-electron chi connectivity index (χ1n) is 8.56. The number of thioether (sulfide) groups is 1. The summed E-state index contributed by atoms with van der Waals surface area (Å²) in [5, 5.41) is 17.8. The van der Waals surface area contributed by atoms with Crippen molar-refractivity contribution in [3.8, 4) is 17.1 Å². The topological polar surface area (TPSA) is 120 Å². The molecular weight excluding hydrogens is 396 g/mol. The van der Waals surface area contributed by atoms with Gasteiger partial charge in [-0.2, -0.15) is 4.98 Å². The third kappa shape index (κ3) is 5.11. The molecule has 9 nitrogen and oxygen atoms in total. The zero-order valence-corrected chi connectivity index (χ0v) is 16.6. The number of carbonyl (C=O) groups excluding carboxylic acids is 1. The van der Waals surface area contributed by atoms with Crippen molar-refractivity contribution in [1.82, 2.24) is 10.1 Å². The molecule has 0 unspecified atom stereocenters. The third-order valence-corrected chi connectivity index (χ3v) is 4.92. The molecule has 3 aromatic rings. The highest BCUT2D eigenvalue weighted by atomic mass is 32.2. The quantitative estimate of drug-likeness (QED) is 0.436. The van der Waals surface area contributed by atoms with Crippen molar-refractivity contribution in [3.05, 3.63) is 64.0 Å². The zero-order valence-electron chi connectivity index (χ0n) is 15.7. The Kier molecular flexibility index (Phi) is 6.45. The summed E-state index contributed by atoms with van der Waals surface area (Å²) in [6.07, 6.45) is 0. The normalized spacial score (nSPS) is 10.6. The molecule has 1 aromatic heterocycles. The van der Waals surface area contributed by atoms with E-state index in [1.165, 1.54) is 24.9 Å². The number of benzene rings is 2. The number of nitrogens with zero attached hydrogens (tertiary/aromatic N) is 3. The van der Waals surface area contributed by atoms with E-state index in [2.05, 4.69) is 15.5 Å². The summed E-state index contributed by atoms with van der Waals surface area (Å²) >= 11 is 1.35. The Morgan fingerprint density at radius 1 is 1.31 bits per heavy atom. The molecule has 29 heavy (non-hydrogen) atoms. The molecule has 3 rings (SSSR count). The minimum absolute atomic E-state index is 0.0978. The van der Waals surface area contributed by atoms with Crippen LogP contribution in [0.15, 0.2) is 47.0 Å². The summed E-state index contributed by atoms with van der Waals surface area (Å²) in [7, 11) is 1.38. The molecule has 150 valence electrons. The molecule has 0 fully saturated rings. The SMILES string of the molecule is COc1ccc(CSCC(=O)Nc2ccccc2-c2noc(C)n2)cc1[N+](=O)[O-]. The molecule has 0 aliphatic rings. The van der Waals surface area contributed by atoms with Gasteiger partial charge >= 0.3 is 5.69 Å². The Bertz CT molecular complexity index is 1040. The van der Waals surface area contributed by atoms with Crippen molar-refractivity contribution in [3.63, 3.8) is 0 Å². The van der Waals surface area contributed by atoms with Crippen molar-refractivity contribution in [2.45, 2.75) is 12.7 Å². The highest BCUT2D eigenvalue weighted by molar-refractivity contribution is 7.99. The summed E-state index contributed by atoms with van der Waals surface area (Å²) in [6, 6.07) is 11.9. The van der Waals surface area contributed by atoms with E-state index < -0.39 is 4.92 Å². The monoisotopic (exact) mass is 414 g/mol. The van der Waals surface area contributed by atoms with E-state index in [0.717, 1.165) is 5.56 Å². The average molecular weight is 414 g/mol. The van der Waals surface area contributed by atoms with E-state index in [1.54, 1.807) is 37.3 Å². The van der Waals surface area contributed by atoms with E-state index in [1.807, 2.05) is 6.07 Å². The van der Waals surface area contributed by atoms with Crippen LogP contribution >= 0.6 is 11.8 Å². The van der Waals surface area contributed by atoms with Crippen LogP contribution in [0.3, 0.4) is 0 Å². The molecule has 0 radical (unpaired) electrons. The fourth-order valence-corrected chi connectivity index (χ4v) is 3.39. The average Bonchev–Trinajstić information content (AvgIpc) is 3.14. The number of para-hydroxylation sites is 1. The number of amides is 1. The van der Waals surface area contributed by atoms with Gasteiger partial charge in [-0.05, 0) is 23.8 Å². The van der Waals surface area contributed by atoms with Crippen LogP contribution in [-0.4, -0.2) is 33.8 Å². The van der Waals surface area contributed by atoms with Crippen molar-refractivity contribution in [2.24, 2.45) is 0 Å². The summed E-state index contributed by atoms with van der Waals surface area (Å²) in [6.45, 7) is 1.69. The number of nitro groups is 1. The second-order valence-electron chi connectivity index (χ2n) is 5.99. The predicted octanol–water partition coefficient (Wildman–Crippen LogP) is 3.83. The van der Waals surface area contributed by atoms with Gasteiger partial charge in [-0.3, -0.25) is 14.9 Å². The molecular formula is C19H18N4O5S. The molecule has 1 heterocycles. The van der Waals surface area contributed by atoms with E-state index in [9.17, 15) is 14.9 Å². The number of rotatable bonds is 8. The number of anilines is 1. The van der Waals surface area contributed by atoms with E-state index in [0.29, 0.717) is 28.7 Å². The number of nitrogens with one attached hydrogen (secondary N) is 1. The maximum atomic E-state index is 12.3. The summed E-state index contributed by atoms with van der Waals surface area (Å²) in [5.41, 5.74) is 1.88. The molecule has 0 atom stereocenters. The zero-order chi connectivity index (χ0) is 20.8. The second-order valence-corrected chi connectivity index (χ2v) is 6.97. The minimum Gasteiger partial charge on any atom is -0.490 e. The number of aromatic nitrogens is 2. The molecule has 0 bridgehead atoms. The van der Waals surface area contributed by atoms with Gasteiger partial charge in [0.25, 0.3) is 0 Å². The van der Waals surface area contributed by atoms with Gasteiger partial charge in [0.15, 0.2) is 5.75 Å². The first kappa shape index (κ1) is 20.3. The summed E-state index contributed by atoms with van der Waals surface area (Å²) in [5.74, 6) is 1.46. The lowest BCUT2D eigenvalue weighted by Crippen LogP contribution is -2.15. The highest BCUT2D eigenvalue weighted by Gasteiger charge is 2.16. The van der Waals surface area contributed by atoms with Crippen molar-refractivity contribution < 1.29 is 19.0 Å². The van der Waals surface area contributed by atoms with Crippen LogP contribution in [-0.2, 0) is 10.5 Å². The largest absolute Gasteiger partial charge is 0.490 e. The Hall–Kier alpha value is -3.40. The fraction of sp³-hybridized carbons (Fsp3) is 0.211. The van der Waals surface area contributed by atoms with Gasteiger partial charge in [0, 0.05) is 24.3 Å². The molecule has 0 saturated heterocycles. The number of hydrogen-bond donors (Lipinski definition) is 1. The van der Waals surface area contributed by atoms with Crippen LogP contribution in [0.2, 0.25) is 0 Å². The standard InChI is InChI=1S/C19H18N4O5S/c1-12-20-19(22-28-12)14-5-3-4-6-15(14)21-18(24)11-29-10-13-7-8-17(27-2)16(9-13)23(25)26/h3-9H,10-11H2,1-2H3,(H,21,24). The Labute approximate surface area is 170 Å². The molecule has 1 N–H and O–H groups in total. The predicted molar refractivity (Wildman–Crippen MR) is 109 cm³/mol. The lowest BCUT2D eigenvalue weighted by atomic mass is 10.1. The van der Waals surface area contributed by atoms with Crippen LogP contribution in [0.5, 0.6) is 5.75 Å². The minimum atomic E-state index is -0.490. The molecule has 0 aliphatic carbocycles. The van der Waals surface area contributed by atoms with Crippen LogP contribution in [0.4, 0.5) is 11.4 Å². The smallest absolute Gasteiger partial charge is 0.311 e. The van der Waals surface area contributed by atoms with Gasteiger partial charge in [0.05, 0.1) is 23.5 Å². The fourth-order valence-electron chi connectivity index (χ4n) is 2.61.